The Kier molecular flexibility index (Phi) is 7.39. The highest BCUT2D eigenvalue weighted by atomic mass is 19.1. The van der Waals surface area contributed by atoms with Gasteiger partial charge in [-0.05, 0) is 20.2 Å². The molecule has 1 N–H and O–H groups in total. The fourth-order valence-corrected chi connectivity index (χ4v) is 2.74. The maximum absolute atomic E-state index is 13.5. The van der Waals surface area contributed by atoms with Crippen LogP contribution in [0.25, 0.3) is 0 Å². The van der Waals surface area contributed by atoms with E-state index in [1.54, 1.807) is 18.2 Å². The van der Waals surface area contributed by atoms with E-state index in [4.69, 9.17) is 9.47 Å². The van der Waals surface area contributed by atoms with Gasteiger partial charge in [0, 0.05) is 31.7 Å². The van der Waals surface area contributed by atoms with E-state index in [0.717, 1.165) is 19.6 Å². The van der Waals surface area contributed by atoms with Gasteiger partial charge in [-0.2, -0.15) is 0 Å². The number of nitrogens with zero attached hydrogens (tertiary/aromatic N) is 2. The third-order valence-electron chi connectivity index (χ3n) is 3.79. The Balaban J connectivity index is 1.68. The predicted octanol–water partition coefficient (Wildman–Crippen LogP) is 0.966. The van der Waals surface area contributed by atoms with E-state index < -0.39 is 6.10 Å². The maximum Gasteiger partial charge on any atom is 0.128 e. The van der Waals surface area contributed by atoms with Crippen LogP contribution in [0.15, 0.2) is 24.3 Å². The summed E-state index contributed by atoms with van der Waals surface area (Å²) in [6.07, 6.45) is -0.412. The lowest BCUT2D eigenvalue weighted by molar-refractivity contribution is -0.0585. The third-order valence-corrected chi connectivity index (χ3v) is 3.79. The second-order valence-corrected chi connectivity index (χ2v) is 6.27. The molecule has 1 aliphatic rings. The standard InChI is InChI=1S/C17H27FN2O3/c1-19(2)10-16-11-20(7-8-23-16)9-15(21)13-22-12-14-5-3-4-6-17(14)18/h3-6,15-16,21H,7-13H2,1-2H3/t15-,16-/m1/s1. The number of β-amino-alcohol motifs (C(OH)–C–C–N with tert-alkyl or cyclic N) is 1. The molecule has 0 unspecified atom stereocenters. The Bertz CT molecular complexity index is 473. The molecule has 0 amide bonds. The molecule has 0 radical (unpaired) electrons. The van der Waals surface area contributed by atoms with E-state index in [1.807, 2.05) is 14.1 Å². The second kappa shape index (κ2) is 9.30. The van der Waals surface area contributed by atoms with Crippen LogP contribution < -0.4 is 0 Å². The molecular weight excluding hydrogens is 299 g/mol. The molecule has 23 heavy (non-hydrogen) atoms. The van der Waals surface area contributed by atoms with Crippen molar-refractivity contribution in [3.05, 3.63) is 35.6 Å². The molecule has 1 heterocycles. The summed E-state index contributed by atoms with van der Waals surface area (Å²) in [5.74, 6) is -0.276. The molecular formula is C17H27FN2O3. The lowest BCUT2D eigenvalue weighted by Crippen LogP contribution is -2.49. The lowest BCUT2D eigenvalue weighted by atomic mass is 10.2. The fourth-order valence-electron chi connectivity index (χ4n) is 2.74. The quantitative estimate of drug-likeness (QED) is 0.771. The number of likely N-dealkylation sites (N-methyl/N-ethyl adjacent to an activating group) is 1. The highest BCUT2D eigenvalue weighted by molar-refractivity contribution is 5.16. The minimum atomic E-state index is -0.583. The van der Waals surface area contributed by atoms with Crippen molar-refractivity contribution in [2.75, 3.05) is 53.5 Å². The summed E-state index contributed by atoms with van der Waals surface area (Å²) in [6.45, 7) is 4.10. The first-order valence-corrected chi connectivity index (χ1v) is 8.02. The number of hydrogen-bond donors (Lipinski definition) is 1. The van der Waals surface area contributed by atoms with Crippen LogP contribution in [0.2, 0.25) is 0 Å². The number of ether oxygens (including phenoxy) is 2. The van der Waals surface area contributed by atoms with Gasteiger partial charge in [-0.3, -0.25) is 4.90 Å². The van der Waals surface area contributed by atoms with Gasteiger partial charge in [0.25, 0.3) is 0 Å². The number of aliphatic hydroxyl groups is 1. The third kappa shape index (κ3) is 6.53. The minimum absolute atomic E-state index is 0.172. The first-order chi connectivity index (χ1) is 11.0. The molecule has 0 aliphatic carbocycles. The second-order valence-electron chi connectivity index (χ2n) is 6.27. The normalized spacial score (nSPS) is 20.8. The maximum atomic E-state index is 13.5. The first-order valence-electron chi connectivity index (χ1n) is 8.02. The van der Waals surface area contributed by atoms with Crippen molar-refractivity contribution in [2.45, 2.75) is 18.8 Å². The van der Waals surface area contributed by atoms with Gasteiger partial charge in [-0.25, -0.2) is 4.39 Å². The molecule has 2 atom stereocenters. The number of hydrogen-bond acceptors (Lipinski definition) is 5. The number of benzene rings is 1. The zero-order valence-corrected chi connectivity index (χ0v) is 13.9. The van der Waals surface area contributed by atoms with Crippen molar-refractivity contribution in [2.24, 2.45) is 0 Å². The molecule has 5 nitrogen and oxygen atoms in total. The lowest BCUT2D eigenvalue weighted by Gasteiger charge is -2.35. The highest BCUT2D eigenvalue weighted by Gasteiger charge is 2.22. The van der Waals surface area contributed by atoms with Crippen molar-refractivity contribution in [1.29, 1.82) is 0 Å². The molecule has 0 spiro atoms. The molecule has 0 saturated carbocycles. The molecule has 0 bridgehead atoms. The van der Waals surface area contributed by atoms with Crippen molar-refractivity contribution in [3.8, 4) is 0 Å². The van der Waals surface area contributed by atoms with Crippen molar-refractivity contribution >= 4 is 0 Å². The van der Waals surface area contributed by atoms with E-state index in [0.29, 0.717) is 18.7 Å². The zero-order chi connectivity index (χ0) is 16.7. The molecule has 1 aromatic carbocycles. The van der Waals surface area contributed by atoms with Crippen LogP contribution in [0.3, 0.4) is 0 Å². The van der Waals surface area contributed by atoms with Crippen LogP contribution in [0, 0.1) is 5.82 Å². The Morgan fingerprint density at radius 3 is 2.96 bits per heavy atom. The van der Waals surface area contributed by atoms with Gasteiger partial charge in [0.05, 0.1) is 32.0 Å². The number of aliphatic hydroxyl groups excluding tert-OH is 1. The van der Waals surface area contributed by atoms with Crippen LogP contribution >= 0.6 is 0 Å². The van der Waals surface area contributed by atoms with Gasteiger partial charge < -0.3 is 19.5 Å². The van der Waals surface area contributed by atoms with E-state index >= 15 is 0 Å². The molecule has 1 aromatic rings. The molecule has 2 rings (SSSR count). The summed E-state index contributed by atoms with van der Waals surface area (Å²) in [6, 6.07) is 6.52. The molecule has 1 fully saturated rings. The van der Waals surface area contributed by atoms with Gasteiger partial charge in [0.1, 0.15) is 5.82 Å². The smallest absolute Gasteiger partial charge is 0.128 e. The topological polar surface area (TPSA) is 45.2 Å². The zero-order valence-electron chi connectivity index (χ0n) is 13.9. The summed E-state index contributed by atoms with van der Waals surface area (Å²) in [5, 5.41) is 10.1. The van der Waals surface area contributed by atoms with E-state index in [1.165, 1.54) is 6.07 Å². The number of halogens is 1. The molecule has 0 aromatic heterocycles. The van der Waals surface area contributed by atoms with Crippen molar-refractivity contribution in [3.63, 3.8) is 0 Å². The van der Waals surface area contributed by atoms with Crippen molar-refractivity contribution in [1.82, 2.24) is 9.80 Å². The fraction of sp³-hybridized carbons (Fsp3) is 0.647. The monoisotopic (exact) mass is 326 g/mol. The summed E-state index contributed by atoms with van der Waals surface area (Å²) < 4.78 is 24.6. The van der Waals surface area contributed by atoms with Crippen molar-refractivity contribution < 1.29 is 19.0 Å². The molecule has 6 heteroatoms. The average molecular weight is 326 g/mol. The minimum Gasteiger partial charge on any atom is -0.389 e. The average Bonchev–Trinajstić information content (AvgIpc) is 2.49. The highest BCUT2D eigenvalue weighted by Crippen LogP contribution is 2.09. The summed E-state index contributed by atoms with van der Waals surface area (Å²) in [7, 11) is 4.04. The van der Waals surface area contributed by atoms with Crippen LogP contribution in [0.5, 0.6) is 0 Å². The largest absolute Gasteiger partial charge is 0.389 e. The Hall–Kier alpha value is -1.05. The SMILES string of the molecule is CN(C)C[C@@H]1CN(C[C@@H](O)COCc2ccccc2F)CCO1. The Morgan fingerprint density at radius 2 is 2.22 bits per heavy atom. The predicted molar refractivity (Wildman–Crippen MR) is 86.8 cm³/mol. The van der Waals surface area contributed by atoms with E-state index in [-0.39, 0.29) is 25.1 Å². The van der Waals surface area contributed by atoms with Crippen LogP contribution in [-0.4, -0.2) is 80.6 Å². The first kappa shape index (κ1) is 18.3. The van der Waals surface area contributed by atoms with Crippen LogP contribution in [0.1, 0.15) is 5.56 Å². The van der Waals surface area contributed by atoms with Gasteiger partial charge in [0.2, 0.25) is 0 Å². The van der Waals surface area contributed by atoms with E-state index in [2.05, 4.69) is 9.80 Å². The van der Waals surface area contributed by atoms with E-state index in [9.17, 15) is 9.50 Å². The van der Waals surface area contributed by atoms with Crippen LogP contribution in [-0.2, 0) is 16.1 Å². The molecule has 1 saturated heterocycles. The molecule has 130 valence electrons. The van der Waals surface area contributed by atoms with Gasteiger partial charge in [-0.1, -0.05) is 18.2 Å². The van der Waals surface area contributed by atoms with Crippen LogP contribution in [0.4, 0.5) is 4.39 Å². The Labute approximate surface area is 137 Å². The Morgan fingerprint density at radius 1 is 1.43 bits per heavy atom. The summed E-state index contributed by atoms with van der Waals surface area (Å²) >= 11 is 0. The van der Waals surface area contributed by atoms with Gasteiger partial charge in [-0.15, -0.1) is 0 Å². The van der Waals surface area contributed by atoms with Gasteiger partial charge in [0.15, 0.2) is 0 Å². The number of morpholine rings is 1. The van der Waals surface area contributed by atoms with Gasteiger partial charge >= 0.3 is 0 Å². The number of rotatable bonds is 8. The molecule has 1 aliphatic heterocycles. The summed E-state index contributed by atoms with van der Waals surface area (Å²) in [4.78, 5) is 4.29. The summed E-state index contributed by atoms with van der Waals surface area (Å²) in [5.41, 5.74) is 0.511.